The average Bonchev–Trinajstić information content (AvgIpc) is 2.75. The number of esters is 1. The van der Waals surface area contributed by atoms with E-state index in [0.29, 0.717) is 25.4 Å². The normalized spacial score (nSPS) is 18.3. The fourth-order valence-electron chi connectivity index (χ4n) is 3.39. The molecule has 3 rings (SSSR count). The summed E-state index contributed by atoms with van der Waals surface area (Å²) in [5.74, 6) is 0.0599. The van der Waals surface area contributed by atoms with Gasteiger partial charge in [-0.05, 0) is 24.6 Å². The minimum atomic E-state index is -3.75. The number of rotatable bonds is 7. The molecule has 2 aromatic carbocycles. The molecule has 0 aliphatic carbocycles. The molecule has 2 aromatic rings. The lowest BCUT2D eigenvalue weighted by Crippen LogP contribution is -2.57. The first-order valence-corrected chi connectivity index (χ1v) is 11.0. The third kappa shape index (κ3) is 4.95. The third-order valence-electron chi connectivity index (χ3n) is 4.92. The van der Waals surface area contributed by atoms with Crippen molar-refractivity contribution in [3.05, 3.63) is 60.2 Å². The molecule has 0 spiro atoms. The first-order chi connectivity index (χ1) is 14.0. The van der Waals surface area contributed by atoms with E-state index in [1.54, 1.807) is 19.1 Å². The summed E-state index contributed by atoms with van der Waals surface area (Å²) >= 11 is 0. The molecule has 0 radical (unpaired) electrons. The zero-order valence-electron chi connectivity index (χ0n) is 16.7. The molecule has 1 heterocycles. The molecule has 0 saturated carbocycles. The summed E-state index contributed by atoms with van der Waals surface area (Å²) in [6.45, 7) is 3.32. The Hall–Kier alpha value is -2.42. The number of hydrogen-bond donors (Lipinski definition) is 0. The van der Waals surface area contributed by atoms with Gasteiger partial charge in [0, 0.05) is 32.2 Å². The third-order valence-corrected chi connectivity index (χ3v) is 6.78. The number of ether oxygens (including phenoxy) is 2. The highest BCUT2D eigenvalue weighted by atomic mass is 32.2. The van der Waals surface area contributed by atoms with E-state index in [4.69, 9.17) is 9.47 Å². The summed E-state index contributed by atoms with van der Waals surface area (Å²) in [5, 5.41) is 0. The van der Waals surface area contributed by atoms with Gasteiger partial charge in [0.1, 0.15) is 11.8 Å². The fourth-order valence-corrected chi connectivity index (χ4v) is 4.87. The van der Waals surface area contributed by atoms with Crippen molar-refractivity contribution < 1.29 is 22.7 Å². The SMILES string of the molecule is CCOC(=O)C1CN(S(=O)(=O)c2cccc(OC)c2)CCN1Cc1ccccc1. The van der Waals surface area contributed by atoms with E-state index in [1.165, 1.54) is 23.5 Å². The number of methoxy groups -OCH3 is 1. The Morgan fingerprint density at radius 3 is 2.55 bits per heavy atom. The molecule has 0 amide bonds. The van der Waals surface area contributed by atoms with Gasteiger partial charge in [0.25, 0.3) is 0 Å². The maximum atomic E-state index is 13.1. The van der Waals surface area contributed by atoms with E-state index in [0.717, 1.165) is 5.56 Å². The Morgan fingerprint density at radius 2 is 1.86 bits per heavy atom. The monoisotopic (exact) mass is 418 g/mol. The number of nitrogens with zero attached hydrogens (tertiary/aromatic N) is 2. The van der Waals surface area contributed by atoms with E-state index in [-0.39, 0.29) is 18.0 Å². The van der Waals surface area contributed by atoms with E-state index < -0.39 is 22.0 Å². The van der Waals surface area contributed by atoms with Crippen LogP contribution in [-0.4, -0.2) is 63.0 Å². The van der Waals surface area contributed by atoms with E-state index in [2.05, 4.69) is 0 Å². The van der Waals surface area contributed by atoms with E-state index in [9.17, 15) is 13.2 Å². The second-order valence-corrected chi connectivity index (χ2v) is 8.70. The highest BCUT2D eigenvalue weighted by molar-refractivity contribution is 7.89. The summed E-state index contributed by atoms with van der Waals surface area (Å²) in [6.07, 6.45) is 0. The second kappa shape index (κ2) is 9.39. The Balaban J connectivity index is 1.83. The molecule has 29 heavy (non-hydrogen) atoms. The van der Waals surface area contributed by atoms with Crippen LogP contribution in [0.5, 0.6) is 5.75 Å². The molecule has 0 N–H and O–H groups in total. The quantitative estimate of drug-likeness (QED) is 0.641. The molecule has 8 heteroatoms. The van der Waals surface area contributed by atoms with Crippen LogP contribution in [-0.2, 0) is 26.1 Å². The Morgan fingerprint density at radius 1 is 1.10 bits per heavy atom. The predicted molar refractivity (Wildman–Crippen MR) is 109 cm³/mol. The van der Waals surface area contributed by atoms with Gasteiger partial charge in [-0.2, -0.15) is 4.31 Å². The number of sulfonamides is 1. The summed E-state index contributed by atoms with van der Waals surface area (Å²) in [7, 11) is -2.26. The van der Waals surface area contributed by atoms with Gasteiger partial charge in [0.05, 0.1) is 18.6 Å². The summed E-state index contributed by atoms with van der Waals surface area (Å²) in [4.78, 5) is 14.7. The number of hydrogen-bond acceptors (Lipinski definition) is 6. The molecule has 0 aromatic heterocycles. The minimum absolute atomic E-state index is 0.0468. The Labute approximate surface area is 171 Å². The van der Waals surface area contributed by atoms with Crippen molar-refractivity contribution >= 4 is 16.0 Å². The van der Waals surface area contributed by atoms with Crippen molar-refractivity contribution in [1.29, 1.82) is 0 Å². The van der Waals surface area contributed by atoms with Gasteiger partial charge in [0.2, 0.25) is 10.0 Å². The van der Waals surface area contributed by atoms with Crippen LogP contribution in [0.4, 0.5) is 0 Å². The van der Waals surface area contributed by atoms with E-state index in [1.807, 2.05) is 35.2 Å². The number of piperazine rings is 1. The van der Waals surface area contributed by atoms with Crippen LogP contribution in [0.3, 0.4) is 0 Å². The van der Waals surface area contributed by atoms with Gasteiger partial charge in [0.15, 0.2) is 0 Å². The van der Waals surface area contributed by atoms with Crippen molar-refractivity contribution in [1.82, 2.24) is 9.21 Å². The lowest BCUT2D eigenvalue weighted by atomic mass is 10.1. The number of benzene rings is 2. The molecule has 1 unspecified atom stereocenters. The topological polar surface area (TPSA) is 76.1 Å². The highest BCUT2D eigenvalue weighted by Gasteiger charge is 2.38. The molecule has 1 aliphatic rings. The summed E-state index contributed by atoms with van der Waals surface area (Å²) in [5.41, 5.74) is 1.06. The van der Waals surface area contributed by atoms with Crippen LogP contribution >= 0.6 is 0 Å². The smallest absolute Gasteiger partial charge is 0.324 e. The Kier molecular flexibility index (Phi) is 6.89. The highest BCUT2D eigenvalue weighted by Crippen LogP contribution is 2.24. The van der Waals surface area contributed by atoms with E-state index >= 15 is 0 Å². The molecule has 7 nitrogen and oxygen atoms in total. The van der Waals surface area contributed by atoms with Gasteiger partial charge >= 0.3 is 5.97 Å². The zero-order chi connectivity index (χ0) is 20.9. The van der Waals surface area contributed by atoms with Crippen LogP contribution in [0, 0.1) is 0 Å². The summed E-state index contributed by atoms with van der Waals surface area (Å²) in [6, 6.07) is 15.5. The molecule has 1 atom stereocenters. The standard InChI is InChI=1S/C21H26N2O5S/c1-3-28-21(24)20-16-23(13-12-22(20)15-17-8-5-4-6-9-17)29(25,26)19-11-7-10-18(14-19)27-2/h4-11,14,20H,3,12-13,15-16H2,1-2H3. The van der Waals surface area contributed by atoms with Gasteiger partial charge in [-0.1, -0.05) is 36.4 Å². The number of carbonyl (C=O) groups is 1. The number of carbonyl (C=O) groups excluding carboxylic acids is 1. The fraction of sp³-hybridized carbons (Fsp3) is 0.381. The predicted octanol–water partition coefficient (Wildman–Crippen LogP) is 2.13. The van der Waals surface area contributed by atoms with Gasteiger partial charge in [-0.25, -0.2) is 8.42 Å². The molecule has 0 bridgehead atoms. The van der Waals surface area contributed by atoms with Crippen LogP contribution in [0.25, 0.3) is 0 Å². The van der Waals surface area contributed by atoms with Gasteiger partial charge < -0.3 is 9.47 Å². The van der Waals surface area contributed by atoms with Gasteiger partial charge in [-0.15, -0.1) is 0 Å². The summed E-state index contributed by atoms with van der Waals surface area (Å²) < 4.78 is 38.0. The average molecular weight is 419 g/mol. The van der Waals surface area contributed by atoms with Crippen LogP contribution in [0.15, 0.2) is 59.5 Å². The van der Waals surface area contributed by atoms with Crippen molar-refractivity contribution in [2.75, 3.05) is 33.4 Å². The van der Waals surface area contributed by atoms with Gasteiger partial charge in [-0.3, -0.25) is 9.69 Å². The molecule has 1 aliphatic heterocycles. The van der Waals surface area contributed by atoms with Crippen molar-refractivity contribution in [3.8, 4) is 5.75 Å². The first kappa shape index (κ1) is 21.3. The second-order valence-electron chi connectivity index (χ2n) is 6.77. The Bertz CT molecular complexity index is 933. The maximum Gasteiger partial charge on any atom is 0.324 e. The van der Waals surface area contributed by atoms with Crippen molar-refractivity contribution in [3.63, 3.8) is 0 Å². The lowest BCUT2D eigenvalue weighted by Gasteiger charge is -2.39. The largest absolute Gasteiger partial charge is 0.497 e. The van der Waals surface area contributed by atoms with Crippen LogP contribution in [0.1, 0.15) is 12.5 Å². The first-order valence-electron chi connectivity index (χ1n) is 9.54. The minimum Gasteiger partial charge on any atom is -0.497 e. The molecule has 1 saturated heterocycles. The lowest BCUT2D eigenvalue weighted by molar-refractivity contribution is -0.151. The molecule has 1 fully saturated rings. The molecule has 156 valence electrons. The molecular formula is C21H26N2O5S. The van der Waals surface area contributed by atoms with Crippen molar-refractivity contribution in [2.24, 2.45) is 0 Å². The van der Waals surface area contributed by atoms with Crippen molar-refractivity contribution in [2.45, 2.75) is 24.4 Å². The van der Waals surface area contributed by atoms with Crippen LogP contribution in [0.2, 0.25) is 0 Å². The zero-order valence-corrected chi connectivity index (χ0v) is 17.5. The van der Waals surface area contributed by atoms with Crippen LogP contribution < -0.4 is 4.74 Å². The molecular weight excluding hydrogens is 392 g/mol. The maximum absolute atomic E-state index is 13.1.